The fourth-order valence-corrected chi connectivity index (χ4v) is 3.52. The molecule has 3 heterocycles. The summed E-state index contributed by atoms with van der Waals surface area (Å²) in [6.45, 7) is 0.665. The Labute approximate surface area is 166 Å². The van der Waals surface area contributed by atoms with E-state index in [0.717, 1.165) is 28.0 Å². The molecule has 1 aliphatic rings. The molecule has 3 N–H and O–H groups in total. The predicted molar refractivity (Wildman–Crippen MR) is 110 cm³/mol. The first-order chi connectivity index (χ1) is 14.2. The SMILES string of the molecule is COc1ccc(-c2ccc3c(n2)N(Cc2ccc4ncccc4c2)[NH2+]N3)cc1F. The number of methoxy groups -OCH3 is 1. The number of ether oxygens (including phenoxy) is 1. The Hall–Kier alpha value is -3.71. The van der Waals surface area contributed by atoms with E-state index in [1.165, 1.54) is 13.2 Å². The summed E-state index contributed by atoms with van der Waals surface area (Å²) in [5.41, 5.74) is 9.61. The van der Waals surface area contributed by atoms with E-state index in [2.05, 4.69) is 33.6 Å². The summed E-state index contributed by atoms with van der Waals surface area (Å²) in [5.74, 6) is 0.626. The van der Waals surface area contributed by atoms with Gasteiger partial charge in [-0.05, 0) is 54.1 Å². The number of anilines is 2. The molecule has 2 aromatic heterocycles. The van der Waals surface area contributed by atoms with Crippen molar-refractivity contribution in [2.75, 3.05) is 17.5 Å². The molecule has 1 aliphatic heterocycles. The number of nitrogens with one attached hydrogen (secondary N) is 1. The molecule has 0 bridgehead atoms. The molecule has 0 spiro atoms. The minimum absolute atomic E-state index is 0.220. The second kappa shape index (κ2) is 7.03. The predicted octanol–water partition coefficient (Wildman–Crippen LogP) is 3.27. The molecule has 0 saturated carbocycles. The van der Waals surface area contributed by atoms with Crippen LogP contribution in [0.15, 0.2) is 66.9 Å². The largest absolute Gasteiger partial charge is 0.494 e. The van der Waals surface area contributed by atoms with Gasteiger partial charge in [0.15, 0.2) is 11.6 Å². The van der Waals surface area contributed by atoms with E-state index in [-0.39, 0.29) is 5.75 Å². The fourth-order valence-electron chi connectivity index (χ4n) is 3.52. The molecule has 0 fully saturated rings. The zero-order valence-corrected chi connectivity index (χ0v) is 15.8. The molecule has 2 aromatic carbocycles. The molecule has 144 valence electrons. The summed E-state index contributed by atoms with van der Waals surface area (Å²) < 4.78 is 19.1. The van der Waals surface area contributed by atoms with Gasteiger partial charge in [0, 0.05) is 17.1 Å². The highest BCUT2D eigenvalue weighted by Gasteiger charge is 2.25. The van der Waals surface area contributed by atoms with Crippen molar-refractivity contribution in [3.8, 4) is 17.0 Å². The van der Waals surface area contributed by atoms with Gasteiger partial charge in [-0.15, -0.1) is 5.53 Å². The van der Waals surface area contributed by atoms with Crippen molar-refractivity contribution in [3.63, 3.8) is 0 Å². The van der Waals surface area contributed by atoms with Gasteiger partial charge in [-0.25, -0.2) is 14.8 Å². The molecule has 6 nitrogen and oxygen atoms in total. The van der Waals surface area contributed by atoms with Crippen LogP contribution in [-0.2, 0) is 6.54 Å². The Balaban J connectivity index is 1.45. The molecule has 0 radical (unpaired) electrons. The Morgan fingerprint density at radius 3 is 2.90 bits per heavy atom. The van der Waals surface area contributed by atoms with Crippen LogP contribution in [0, 0.1) is 5.82 Å². The lowest BCUT2D eigenvalue weighted by Gasteiger charge is -2.14. The summed E-state index contributed by atoms with van der Waals surface area (Å²) in [6, 6.07) is 18.9. The number of hydrogen-bond acceptors (Lipinski definition) is 5. The van der Waals surface area contributed by atoms with Gasteiger partial charge in [-0.3, -0.25) is 4.98 Å². The van der Waals surface area contributed by atoms with Crippen LogP contribution in [0.25, 0.3) is 22.2 Å². The molecule has 7 heteroatoms. The van der Waals surface area contributed by atoms with Crippen LogP contribution in [0.3, 0.4) is 0 Å². The molecule has 0 atom stereocenters. The zero-order valence-electron chi connectivity index (χ0n) is 15.8. The molecule has 4 aromatic rings. The van der Waals surface area contributed by atoms with E-state index < -0.39 is 5.82 Å². The highest BCUT2D eigenvalue weighted by atomic mass is 19.1. The minimum Gasteiger partial charge on any atom is -0.494 e. The lowest BCUT2D eigenvalue weighted by atomic mass is 10.1. The molecule has 5 rings (SSSR count). The third-order valence-corrected chi connectivity index (χ3v) is 4.99. The van der Waals surface area contributed by atoms with E-state index in [1.54, 1.807) is 12.3 Å². The fraction of sp³-hybridized carbons (Fsp3) is 0.0909. The Kier molecular flexibility index (Phi) is 4.22. The number of benzene rings is 2. The standard InChI is InChI=1S/C22H18FN5O/c1-29-21-9-5-16(12-17(21)23)19-7-8-20-22(25-19)28(27-26-20)13-14-4-6-18-15(11-14)3-2-10-24-18/h2-12,26-27H,13H2,1H3/p+1. The van der Waals surface area contributed by atoms with Gasteiger partial charge in [0.05, 0.1) is 24.9 Å². The maximum atomic E-state index is 14.1. The number of nitrogen functional groups attached to an aromatic ring is 1. The number of aromatic nitrogens is 2. The minimum atomic E-state index is -0.404. The van der Waals surface area contributed by atoms with E-state index in [9.17, 15) is 4.39 Å². The average molecular weight is 388 g/mol. The Morgan fingerprint density at radius 2 is 2.03 bits per heavy atom. The second-order valence-electron chi connectivity index (χ2n) is 6.85. The summed E-state index contributed by atoms with van der Waals surface area (Å²) >= 11 is 0. The number of halogens is 1. The van der Waals surface area contributed by atoms with Gasteiger partial charge < -0.3 is 4.74 Å². The zero-order chi connectivity index (χ0) is 19.8. The molecular formula is C22H19FN5O+. The summed E-state index contributed by atoms with van der Waals surface area (Å²) in [6.07, 6.45) is 1.80. The smallest absolute Gasteiger partial charge is 0.209 e. The van der Waals surface area contributed by atoms with Crippen LogP contribution in [0.1, 0.15) is 5.56 Å². The lowest BCUT2D eigenvalue weighted by Crippen LogP contribution is -2.95. The first-order valence-corrected chi connectivity index (χ1v) is 9.26. The van der Waals surface area contributed by atoms with Crippen molar-refractivity contribution in [1.82, 2.24) is 9.97 Å². The highest BCUT2D eigenvalue weighted by Crippen LogP contribution is 2.30. The van der Waals surface area contributed by atoms with Gasteiger partial charge in [-0.1, -0.05) is 12.1 Å². The molecular weight excluding hydrogens is 369 g/mol. The molecule has 29 heavy (non-hydrogen) atoms. The van der Waals surface area contributed by atoms with E-state index in [1.807, 2.05) is 35.9 Å². The summed E-state index contributed by atoms with van der Waals surface area (Å²) in [5, 5.41) is 3.16. The van der Waals surface area contributed by atoms with Crippen LogP contribution >= 0.6 is 0 Å². The van der Waals surface area contributed by atoms with Crippen LogP contribution in [-0.4, -0.2) is 17.1 Å². The third kappa shape index (κ3) is 3.21. The third-order valence-electron chi connectivity index (χ3n) is 4.99. The van der Waals surface area contributed by atoms with Crippen molar-refractivity contribution in [1.29, 1.82) is 0 Å². The van der Waals surface area contributed by atoms with Crippen molar-refractivity contribution in [2.45, 2.75) is 6.54 Å². The number of hydrogen-bond donors (Lipinski definition) is 2. The second-order valence-corrected chi connectivity index (χ2v) is 6.85. The van der Waals surface area contributed by atoms with E-state index >= 15 is 0 Å². The topological polar surface area (TPSA) is 66.9 Å². The first kappa shape index (κ1) is 17.4. The number of nitrogens with zero attached hydrogens (tertiary/aromatic N) is 3. The molecule has 0 unspecified atom stereocenters. The number of pyridine rings is 2. The van der Waals surface area contributed by atoms with Crippen molar-refractivity contribution in [2.24, 2.45) is 0 Å². The number of rotatable bonds is 4. The van der Waals surface area contributed by atoms with Crippen LogP contribution < -0.4 is 20.7 Å². The summed E-state index contributed by atoms with van der Waals surface area (Å²) in [7, 11) is 1.45. The molecule has 0 saturated heterocycles. The summed E-state index contributed by atoms with van der Waals surface area (Å²) in [4.78, 5) is 9.14. The number of fused-ring (bicyclic) bond motifs is 2. The first-order valence-electron chi connectivity index (χ1n) is 9.26. The van der Waals surface area contributed by atoms with Gasteiger partial charge in [0.25, 0.3) is 0 Å². The van der Waals surface area contributed by atoms with Gasteiger partial charge in [-0.2, -0.15) is 5.01 Å². The van der Waals surface area contributed by atoms with Crippen LogP contribution in [0.4, 0.5) is 15.9 Å². The highest BCUT2D eigenvalue weighted by molar-refractivity contribution is 5.79. The van der Waals surface area contributed by atoms with Crippen LogP contribution in [0.5, 0.6) is 5.75 Å². The maximum absolute atomic E-state index is 14.1. The van der Waals surface area contributed by atoms with E-state index in [4.69, 9.17) is 9.72 Å². The van der Waals surface area contributed by atoms with Crippen molar-refractivity contribution >= 4 is 22.4 Å². The Bertz CT molecular complexity index is 1210. The number of quaternary nitrogens is 1. The molecule has 0 aliphatic carbocycles. The average Bonchev–Trinajstić information content (AvgIpc) is 3.15. The maximum Gasteiger partial charge on any atom is 0.209 e. The Morgan fingerprint density at radius 1 is 1.10 bits per heavy atom. The van der Waals surface area contributed by atoms with Gasteiger partial charge >= 0.3 is 0 Å². The van der Waals surface area contributed by atoms with Crippen LogP contribution in [0.2, 0.25) is 0 Å². The van der Waals surface area contributed by atoms with Crippen molar-refractivity contribution < 1.29 is 14.7 Å². The molecule has 0 amide bonds. The van der Waals surface area contributed by atoms with Gasteiger partial charge in [0.1, 0.15) is 5.69 Å². The van der Waals surface area contributed by atoms with Gasteiger partial charge in [0.2, 0.25) is 5.82 Å². The number of nitrogens with two attached hydrogens (primary N) is 1. The lowest BCUT2D eigenvalue weighted by molar-refractivity contribution is -0.633. The quantitative estimate of drug-likeness (QED) is 0.525. The normalized spacial score (nSPS) is 12.7. The van der Waals surface area contributed by atoms with Crippen molar-refractivity contribution in [3.05, 3.63) is 78.2 Å². The van der Waals surface area contributed by atoms with E-state index in [0.29, 0.717) is 17.8 Å². The monoisotopic (exact) mass is 388 g/mol.